The molecule has 2 fully saturated rings. The van der Waals surface area contributed by atoms with Crippen molar-refractivity contribution in [1.82, 2.24) is 15.1 Å². The van der Waals surface area contributed by atoms with Gasteiger partial charge in [0.25, 0.3) is 0 Å². The normalized spacial score (nSPS) is 19.0. The summed E-state index contributed by atoms with van der Waals surface area (Å²) in [4.78, 5) is 32.3. The number of halogens is 1. The summed E-state index contributed by atoms with van der Waals surface area (Å²) in [5, 5.41) is 3.51. The highest BCUT2D eigenvalue weighted by Gasteiger charge is 2.28. The predicted molar refractivity (Wildman–Crippen MR) is 122 cm³/mol. The number of likely N-dealkylation sites (tertiary alicyclic amines) is 1. The molecule has 1 aliphatic heterocycles. The van der Waals surface area contributed by atoms with Gasteiger partial charge in [-0.25, -0.2) is 4.99 Å². The Hall–Kier alpha value is -1.06. The molecule has 2 rings (SSSR count). The van der Waals surface area contributed by atoms with Crippen molar-refractivity contribution in [1.29, 1.82) is 0 Å². The van der Waals surface area contributed by atoms with E-state index in [1.54, 1.807) is 19.0 Å². The summed E-state index contributed by atoms with van der Waals surface area (Å²) in [5.41, 5.74) is 0. The van der Waals surface area contributed by atoms with Crippen LogP contribution in [0.15, 0.2) is 4.99 Å². The summed E-state index contributed by atoms with van der Waals surface area (Å²) in [6, 6.07) is 0. The minimum absolute atomic E-state index is 0. The number of hydrogen-bond donors (Lipinski definition) is 1. The highest BCUT2D eigenvalue weighted by atomic mass is 127. The number of esters is 1. The monoisotopic (exact) mass is 508 g/mol. The lowest BCUT2D eigenvalue weighted by molar-refractivity contribution is -0.149. The van der Waals surface area contributed by atoms with Crippen LogP contribution in [0.4, 0.5) is 0 Å². The van der Waals surface area contributed by atoms with E-state index < -0.39 is 0 Å². The third-order valence-electron chi connectivity index (χ3n) is 5.55. The van der Waals surface area contributed by atoms with Crippen molar-refractivity contribution in [2.24, 2.45) is 16.8 Å². The molecule has 1 heterocycles. The third kappa shape index (κ3) is 8.13. The highest BCUT2D eigenvalue weighted by Crippen LogP contribution is 2.23. The number of aliphatic imine (C=N–C) groups is 1. The summed E-state index contributed by atoms with van der Waals surface area (Å²) in [6.45, 7) is 4.85. The van der Waals surface area contributed by atoms with Gasteiger partial charge in [0.15, 0.2) is 5.96 Å². The van der Waals surface area contributed by atoms with E-state index in [1.807, 2.05) is 6.92 Å². The van der Waals surface area contributed by atoms with Crippen molar-refractivity contribution in [3.8, 4) is 0 Å². The second kappa shape index (κ2) is 13.2. The number of piperidine rings is 1. The van der Waals surface area contributed by atoms with Crippen molar-refractivity contribution >= 4 is 41.8 Å². The van der Waals surface area contributed by atoms with Crippen molar-refractivity contribution in [2.45, 2.75) is 51.9 Å². The number of rotatable bonds is 6. The molecule has 0 aromatic heterocycles. The molecule has 0 unspecified atom stereocenters. The Balaban J connectivity index is 0.00000392. The maximum atomic E-state index is 12.0. The van der Waals surface area contributed by atoms with Crippen LogP contribution < -0.4 is 5.32 Å². The number of guanidine groups is 1. The summed E-state index contributed by atoms with van der Waals surface area (Å²) in [7, 11) is 3.50. The van der Waals surface area contributed by atoms with E-state index in [9.17, 15) is 9.59 Å². The fourth-order valence-electron chi connectivity index (χ4n) is 3.77. The van der Waals surface area contributed by atoms with E-state index in [-0.39, 0.29) is 48.3 Å². The lowest BCUT2D eigenvalue weighted by Crippen LogP contribution is -2.48. The van der Waals surface area contributed by atoms with Gasteiger partial charge in [0.05, 0.1) is 12.5 Å². The quantitative estimate of drug-likeness (QED) is 0.258. The maximum absolute atomic E-state index is 12.0. The molecule has 8 heteroatoms. The van der Waals surface area contributed by atoms with Gasteiger partial charge in [0, 0.05) is 33.7 Å². The first-order valence-corrected chi connectivity index (χ1v) is 10.4. The zero-order valence-electron chi connectivity index (χ0n) is 17.6. The average molecular weight is 508 g/mol. The minimum atomic E-state index is -0.0893. The van der Waals surface area contributed by atoms with E-state index in [4.69, 9.17) is 4.74 Å². The van der Waals surface area contributed by atoms with Gasteiger partial charge in [-0.2, -0.15) is 0 Å². The van der Waals surface area contributed by atoms with Crippen LogP contribution in [0.25, 0.3) is 0 Å². The summed E-state index contributed by atoms with van der Waals surface area (Å²) in [6.07, 6.45) is 8.03. The fraction of sp³-hybridized carbons (Fsp3) is 0.850. The molecular formula is C20H37IN4O3. The molecule has 0 spiro atoms. The molecule has 0 atom stereocenters. The van der Waals surface area contributed by atoms with E-state index in [2.05, 4.69) is 15.2 Å². The highest BCUT2D eigenvalue weighted by molar-refractivity contribution is 14.0. The van der Waals surface area contributed by atoms with E-state index in [1.165, 1.54) is 32.1 Å². The molecule has 0 aromatic carbocycles. The molecule has 1 N–H and O–H groups in total. The molecule has 0 radical (unpaired) electrons. The Morgan fingerprint density at radius 2 is 1.75 bits per heavy atom. The summed E-state index contributed by atoms with van der Waals surface area (Å²) < 4.78 is 5.16. The van der Waals surface area contributed by atoms with Gasteiger partial charge in [0.2, 0.25) is 5.91 Å². The second-order valence-corrected chi connectivity index (χ2v) is 7.83. The molecule has 28 heavy (non-hydrogen) atoms. The summed E-state index contributed by atoms with van der Waals surface area (Å²) in [5.74, 6) is 1.37. The molecular weight excluding hydrogens is 471 g/mol. The van der Waals surface area contributed by atoms with Gasteiger partial charge in [-0.1, -0.05) is 19.3 Å². The molecule has 7 nitrogen and oxygen atoms in total. The first-order chi connectivity index (χ1) is 13.0. The molecule has 162 valence electrons. The van der Waals surface area contributed by atoms with Gasteiger partial charge in [-0.3, -0.25) is 9.59 Å². The Bertz CT molecular complexity index is 514. The summed E-state index contributed by atoms with van der Waals surface area (Å²) >= 11 is 0. The topological polar surface area (TPSA) is 74.2 Å². The molecule has 1 saturated heterocycles. The van der Waals surface area contributed by atoms with Crippen LogP contribution in [0.2, 0.25) is 0 Å². The maximum Gasteiger partial charge on any atom is 0.309 e. The Kier molecular flexibility index (Phi) is 11.8. The third-order valence-corrected chi connectivity index (χ3v) is 5.55. The van der Waals surface area contributed by atoms with E-state index in [0.29, 0.717) is 12.5 Å². The number of likely N-dealkylation sites (N-methyl/N-ethyl adjacent to an activating group) is 1. The number of nitrogens with zero attached hydrogens (tertiary/aromatic N) is 3. The van der Waals surface area contributed by atoms with Crippen LogP contribution in [0.5, 0.6) is 0 Å². The number of carbonyl (C=O) groups excluding carboxylic acids is 2. The Morgan fingerprint density at radius 3 is 2.32 bits per heavy atom. The smallest absolute Gasteiger partial charge is 0.309 e. The minimum Gasteiger partial charge on any atom is -0.466 e. The molecule has 1 saturated carbocycles. The first kappa shape index (κ1) is 25.0. The average Bonchev–Trinajstić information content (AvgIpc) is 2.69. The zero-order valence-corrected chi connectivity index (χ0v) is 19.9. The van der Waals surface area contributed by atoms with Crippen molar-refractivity contribution in [2.75, 3.05) is 46.9 Å². The second-order valence-electron chi connectivity index (χ2n) is 7.83. The largest absolute Gasteiger partial charge is 0.466 e. The first-order valence-electron chi connectivity index (χ1n) is 10.4. The SMILES string of the molecule is CCOC(=O)C1CCN(C(=NCC(=O)N(C)C)NCC2CCCCC2)CC1.I. The van der Waals surface area contributed by atoms with Gasteiger partial charge >= 0.3 is 5.97 Å². The zero-order chi connectivity index (χ0) is 19.6. The molecule has 2 aliphatic rings. The van der Waals surface area contributed by atoms with Gasteiger partial charge in [-0.05, 0) is 38.5 Å². The fourth-order valence-corrected chi connectivity index (χ4v) is 3.77. The van der Waals surface area contributed by atoms with Crippen LogP contribution in [-0.2, 0) is 14.3 Å². The standard InChI is InChI=1S/C20H36N4O3.HI/c1-4-27-19(26)17-10-12-24(13-11-17)20(22-15-18(25)23(2)3)21-14-16-8-6-5-7-9-16;/h16-17H,4-15H2,1-3H3,(H,21,22);1H. The number of amides is 1. The molecule has 1 amide bonds. The van der Waals surface area contributed by atoms with Crippen LogP contribution >= 0.6 is 24.0 Å². The lowest BCUT2D eigenvalue weighted by atomic mass is 9.89. The number of nitrogens with one attached hydrogen (secondary N) is 1. The molecule has 0 aromatic rings. The Labute approximate surface area is 186 Å². The number of hydrogen-bond acceptors (Lipinski definition) is 4. The van der Waals surface area contributed by atoms with Crippen molar-refractivity contribution < 1.29 is 14.3 Å². The van der Waals surface area contributed by atoms with Crippen molar-refractivity contribution in [3.05, 3.63) is 0 Å². The van der Waals surface area contributed by atoms with E-state index >= 15 is 0 Å². The van der Waals surface area contributed by atoms with Gasteiger partial charge < -0.3 is 19.9 Å². The number of ether oxygens (including phenoxy) is 1. The van der Waals surface area contributed by atoms with Crippen molar-refractivity contribution in [3.63, 3.8) is 0 Å². The van der Waals surface area contributed by atoms with Gasteiger partial charge in [0.1, 0.15) is 6.54 Å². The predicted octanol–water partition coefficient (Wildman–Crippen LogP) is 2.49. The van der Waals surface area contributed by atoms with Crippen LogP contribution in [-0.4, -0.2) is 74.5 Å². The van der Waals surface area contributed by atoms with Crippen LogP contribution in [0.3, 0.4) is 0 Å². The molecule has 0 bridgehead atoms. The van der Waals surface area contributed by atoms with Crippen LogP contribution in [0.1, 0.15) is 51.9 Å². The number of carbonyl (C=O) groups is 2. The van der Waals surface area contributed by atoms with Gasteiger partial charge in [-0.15, -0.1) is 24.0 Å². The van der Waals surface area contributed by atoms with E-state index in [0.717, 1.165) is 38.4 Å². The molecule has 1 aliphatic carbocycles. The van der Waals surface area contributed by atoms with Crippen LogP contribution in [0, 0.1) is 11.8 Å². The Morgan fingerprint density at radius 1 is 1.11 bits per heavy atom. The lowest BCUT2D eigenvalue weighted by Gasteiger charge is -2.34.